The van der Waals surface area contributed by atoms with Crippen molar-refractivity contribution in [2.45, 2.75) is 0 Å². The predicted molar refractivity (Wildman–Crippen MR) is 28.1 cm³/mol. The van der Waals surface area contributed by atoms with E-state index in [2.05, 4.69) is 16.2 Å². The zero-order valence-electron chi connectivity index (χ0n) is 5.13. The second-order valence-corrected chi connectivity index (χ2v) is 0.838. The Kier molecular flexibility index (Phi) is 18.6. The summed E-state index contributed by atoms with van der Waals surface area (Å²) in [5.41, 5.74) is 0. The quantitative estimate of drug-likeness (QED) is 0.257. The van der Waals surface area contributed by atoms with Crippen molar-refractivity contribution in [2.24, 2.45) is 0 Å². The normalized spacial score (nSPS) is 5.33. The largest absolute Gasteiger partial charge is 1.00 e. The van der Waals surface area contributed by atoms with Crippen LogP contribution in [-0.2, 0) is 0 Å². The number of aromatic nitrogens is 2. The Morgan fingerprint density at radius 2 is 1.89 bits per heavy atom. The summed E-state index contributed by atoms with van der Waals surface area (Å²) >= 11 is 0. The van der Waals surface area contributed by atoms with Crippen LogP contribution in [0.15, 0.2) is 18.6 Å². The van der Waals surface area contributed by atoms with Crippen LogP contribution < -0.4 is 18.9 Å². The van der Waals surface area contributed by atoms with Crippen molar-refractivity contribution in [3.05, 3.63) is 24.8 Å². The van der Waals surface area contributed by atoms with E-state index in [-0.39, 0.29) is 29.8 Å². The summed E-state index contributed by atoms with van der Waals surface area (Å²) in [5.74, 6) is 0. The molecule has 0 amide bonds. The van der Waals surface area contributed by atoms with E-state index in [1.54, 1.807) is 12.3 Å². The van der Waals surface area contributed by atoms with Gasteiger partial charge in [0.25, 0.3) is 0 Å². The zero-order valence-corrected chi connectivity index (χ0v) is 5.13. The Labute approximate surface area is 65.1 Å². The second kappa shape index (κ2) is 10.6. The second-order valence-electron chi connectivity index (χ2n) is 0.838. The van der Waals surface area contributed by atoms with Crippen LogP contribution in [0.2, 0.25) is 0 Å². The molecule has 1 aromatic rings. The Hall–Kier alpha value is -0.403. The first-order valence-corrected chi connectivity index (χ1v) is 1.62. The van der Waals surface area contributed by atoms with Gasteiger partial charge in [0.1, 0.15) is 0 Å². The molecule has 0 aliphatic carbocycles. The van der Waals surface area contributed by atoms with Crippen LogP contribution in [0.4, 0.5) is 0 Å². The summed E-state index contributed by atoms with van der Waals surface area (Å²) < 4.78 is 0. The minimum atomic E-state index is 0. The Morgan fingerprint density at radius 1 is 1.22 bits per heavy atom. The van der Waals surface area contributed by atoms with Crippen LogP contribution in [0.25, 0.3) is 0 Å². The van der Waals surface area contributed by atoms with Crippen LogP contribution in [0.1, 0.15) is 0 Å². The number of hydrogen-bond acceptors (Lipinski definition) is 2. The molecule has 1 heterocycles. The van der Waals surface area contributed by atoms with Crippen molar-refractivity contribution in [1.29, 1.82) is 0 Å². The maximum absolute atomic E-state index is 3.64. The summed E-state index contributed by atoms with van der Waals surface area (Å²) in [6.07, 6.45) is 5.66. The predicted octanol–water partition coefficient (Wildman–Crippen LogP) is -4.37. The van der Waals surface area contributed by atoms with E-state index in [1.807, 2.05) is 0 Å². The fourth-order valence-corrected chi connectivity index (χ4v) is 0.225. The van der Waals surface area contributed by atoms with Gasteiger partial charge >= 0.3 is 18.9 Å². The van der Waals surface area contributed by atoms with Crippen LogP contribution >= 0.6 is 0 Å². The van der Waals surface area contributed by atoms with E-state index in [4.69, 9.17) is 0 Å². The van der Waals surface area contributed by atoms with E-state index in [0.29, 0.717) is 0 Å². The van der Waals surface area contributed by atoms with Gasteiger partial charge in [0.05, 0.1) is 0 Å². The van der Waals surface area contributed by atoms with E-state index in [1.165, 1.54) is 6.33 Å². The summed E-state index contributed by atoms with van der Waals surface area (Å²) in [6.45, 7) is 0. The van der Waals surface area contributed by atoms with Gasteiger partial charge in [0.2, 0.25) is 0 Å². The van der Waals surface area contributed by atoms with Crippen molar-refractivity contribution in [2.75, 3.05) is 0 Å². The molecule has 0 aliphatic heterocycles. The van der Waals surface area contributed by atoms with Crippen molar-refractivity contribution in [3.8, 4) is 0 Å². The molecule has 0 saturated carbocycles. The molecule has 4 N–H and O–H groups in total. The average Bonchev–Trinajstić information content (AvgIpc) is 1.72. The molecule has 0 atom stereocenters. The molecule has 46 valence electrons. The van der Waals surface area contributed by atoms with Gasteiger partial charge in [0.15, 0.2) is 0 Å². The first-order chi connectivity index (χ1) is 3.00. The number of nitrogens with zero attached hydrogens (tertiary/aromatic N) is 2. The molecule has 0 radical (unpaired) electrons. The van der Waals surface area contributed by atoms with Gasteiger partial charge in [-0.15, -0.1) is 6.07 Å². The maximum Gasteiger partial charge on any atom is 1.00 e. The molecule has 0 aliphatic rings. The fraction of sp³-hybridized carbons (Fsp3) is 0. The monoisotopic (exact) mass is 122 g/mol. The summed E-state index contributed by atoms with van der Waals surface area (Å²) in [5, 5.41) is 0. The third kappa shape index (κ3) is 7.60. The first kappa shape index (κ1) is 15.8. The number of hydrogen-bond donors (Lipinski definition) is 0. The van der Waals surface area contributed by atoms with Crippen LogP contribution in [-0.4, -0.2) is 20.9 Å². The van der Waals surface area contributed by atoms with Gasteiger partial charge in [-0.2, -0.15) is 0 Å². The summed E-state index contributed by atoms with van der Waals surface area (Å²) in [4.78, 5) is 7.19. The van der Waals surface area contributed by atoms with Crippen molar-refractivity contribution >= 4 is 0 Å². The first-order valence-electron chi connectivity index (χ1n) is 1.62. The molecule has 0 saturated heterocycles. The van der Waals surface area contributed by atoms with Gasteiger partial charge in [-0.25, -0.2) is 0 Å². The van der Waals surface area contributed by atoms with Gasteiger partial charge in [-0.3, -0.25) is 0 Å². The number of rotatable bonds is 0. The molecule has 1 rings (SSSR count). The SMILES string of the molecule is O.O.[Li+].[c-]1ccncn1. The molecule has 4 nitrogen and oxygen atoms in total. The standard InChI is InChI=1S/C4H3N2.Li.2H2O/c1-2-5-4-6-3-1;;;/h1-2,4H;;2*1H2/q-1;+1;;. The van der Waals surface area contributed by atoms with E-state index in [9.17, 15) is 0 Å². The zero-order chi connectivity index (χ0) is 4.24. The molecule has 0 fully saturated rings. The maximum atomic E-state index is 3.64. The Balaban J connectivity index is -0.000000120. The van der Waals surface area contributed by atoms with Gasteiger partial charge < -0.3 is 20.9 Å². The molecular weight excluding hydrogens is 115 g/mol. The summed E-state index contributed by atoms with van der Waals surface area (Å²) in [6, 6.07) is 1.65. The summed E-state index contributed by atoms with van der Waals surface area (Å²) in [7, 11) is 0. The Morgan fingerprint density at radius 3 is 2.00 bits per heavy atom. The van der Waals surface area contributed by atoms with Gasteiger partial charge in [0, 0.05) is 0 Å². The topological polar surface area (TPSA) is 88.8 Å². The van der Waals surface area contributed by atoms with Crippen LogP contribution in [0.3, 0.4) is 0 Å². The van der Waals surface area contributed by atoms with Gasteiger partial charge in [-0.1, -0.05) is 12.4 Å². The van der Waals surface area contributed by atoms with Crippen LogP contribution in [0.5, 0.6) is 0 Å². The van der Waals surface area contributed by atoms with Crippen molar-refractivity contribution in [1.82, 2.24) is 9.97 Å². The van der Waals surface area contributed by atoms with Crippen molar-refractivity contribution < 1.29 is 29.8 Å². The molecule has 0 bridgehead atoms. The minimum absolute atomic E-state index is 0. The molecule has 5 heteroatoms. The fourth-order valence-electron chi connectivity index (χ4n) is 0.225. The molecule has 1 aromatic heterocycles. The Bertz CT molecular complexity index is 88.5. The molecular formula is C4H7LiN2O2. The molecule has 0 aromatic carbocycles. The average molecular weight is 122 g/mol. The van der Waals surface area contributed by atoms with Crippen LogP contribution in [0, 0.1) is 6.20 Å². The molecule has 0 spiro atoms. The van der Waals surface area contributed by atoms with E-state index < -0.39 is 0 Å². The van der Waals surface area contributed by atoms with E-state index >= 15 is 0 Å². The van der Waals surface area contributed by atoms with Gasteiger partial charge in [-0.05, 0) is 6.33 Å². The third-order valence-corrected chi connectivity index (χ3v) is 0.434. The minimum Gasteiger partial charge on any atom is -0.412 e. The molecule has 9 heavy (non-hydrogen) atoms. The van der Waals surface area contributed by atoms with E-state index in [0.717, 1.165) is 0 Å². The molecule has 0 unspecified atom stereocenters. The van der Waals surface area contributed by atoms with Crippen molar-refractivity contribution in [3.63, 3.8) is 0 Å². The smallest absolute Gasteiger partial charge is 0.412 e. The third-order valence-electron chi connectivity index (χ3n) is 0.434.